The Balaban J connectivity index is 0.00000180. The van der Waals surface area contributed by atoms with Crippen molar-refractivity contribution in [3.05, 3.63) is 65.0 Å². The molecule has 2 aromatic carbocycles. The van der Waals surface area contributed by atoms with Crippen LogP contribution in [-0.2, 0) is 6.42 Å². The van der Waals surface area contributed by atoms with Gasteiger partial charge in [0.05, 0.1) is 17.4 Å². The number of piperidine rings is 1. The van der Waals surface area contributed by atoms with E-state index in [1.807, 2.05) is 18.2 Å². The fraction of sp³-hybridized carbons (Fsp3) is 0.364. The highest BCUT2D eigenvalue weighted by Crippen LogP contribution is 2.42. The minimum absolute atomic E-state index is 0. The van der Waals surface area contributed by atoms with Crippen molar-refractivity contribution in [3.63, 3.8) is 0 Å². The fourth-order valence-electron chi connectivity index (χ4n) is 4.97. The van der Waals surface area contributed by atoms with Crippen LogP contribution in [0, 0.1) is 6.92 Å². The molecule has 134 valence electrons. The third-order valence-corrected chi connectivity index (χ3v) is 6.24. The van der Waals surface area contributed by atoms with Gasteiger partial charge in [-0.3, -0.25) is 4.79 Å². The van der Waals surface area contributed by atoms with E-state index in [1.165, 1.54) is 23.1 Å². The van der Waals surface area contributed by atoms with Gasteiger partial charge >= 0.3 is 0 Å². The number of hydrogen-bond acceptors (Lipinski definition) is 2. The molecular weight excluding hydrogens is 322 g/mol. The predicted molar refractivity (Wildman–Crippen MR) is 105 cm³/mol. The van der Waals surface area contributed by atoms with Crippen LogP contribution in [0.2, 0.25) is 0 Å². The molecule has 2 aliphatic rings. The molecule has 5 rings (SSSR count). The molecule has 3 aromatic rings. The average Bonchev–Trinajstić information content (AvgIpc) is 3.15. The van der Waals surface area contributed by atoms with E-state index in [-0.39, 0.29) is 7.33 Å². The predicted octanol–water partition coefficient (Wildman–Crippen LogP) is 4.45. The lowest BCUT2D eigenvalue weighted by molar-refractivity contribution is 0.0547. The molecule has 1 aliphatic heterocycles. The Labute approximate surface area is 154 Å². The number of nitrogens with zero attached hydrogens (tertiary/aromatic N) is 2. The summed E-state index contributed by atoms with van der Waals surface area (Å²) in [6.07, 6.45) is 6.08. The van der Waals surface area contributed by atoms with Gasteiger partial charge in [-0.2, -0.15) is 0 Å². The van der Waals surface area contributed by atoms with Gasteiger partial charge in [-0.15, -0.1) is 0 Å². The summed E-state index contributed by atoms with van der Waals surface area (Å²) in [5, 5.41) is 0. The van der Waals surface area contributed by atoms with E-state index in [4.69, 9.17) is 0 Å². The number of nitrogens with one attached hydrogen (secondary N) is 1. The molecule has 0 saturated carbocycles. The quantitative estimate of drug-likeness (QED) is 0.707. The van der Waals surface area contributed by atoms with Crippen LogP contribution in [0.1, 0.15) is 53.7 Å². The zero-order valence-corrected chi connectivity index (χ0v) is 15.0. The monoisotopic (exact) mass is 347 g/mol. The van der Waals surface area contributed by atoms with E-state index < -0.39 is 0 Å². The Bertz CT molecular complexity index is 996. The molecule has 1 aromatic heterocycles. The van der Waals surface area contributed by atoms with Crippen molar-refractivity contribution >= 4 is 16.9 Å². The summed E-state index contributed by atoms with van der Waals surface area (Å²) in [4.78, 5) is 22.8. The summed E-state index contributed by atoms with van der Waals surface area (Å²) in [5.74, 6) is 0.638. The van der Waals surface area contributed by atoms with E-state index in [9.17, 15) is 4.79 Å². The van der Waals surface area contributed by atoms with Gasteiger partial charge in [-0.05, 0) is 67.5 Å². The number of benzene rings is 2. The van der Waals surface area contributed by atoms with E-state index in [1.54, 1.807) is 6.33 Å². The number of likely N-dealkylation sites (tertiary alicyclic amines) is 1. The number of aromatic nitrogens is 2. The second-order valence-electron chi connectivity index (χ2n) is 7.63. The van der Waals surface area contributed by atoms with E-state index in [0.29, 0.717) is 12.0 Å². The van der Waals surface area contributed by atoms with Gasteiger partial charge in [0, 0.05) is 25.5 Å². The Kier molecular flexibility index (Phi) is 3.59. The number of hydrogen-bond donors (Lipinski definition) is 1. The summed E-state index contributed by atoms with van der Waals surface area (Å²) in [7, 11) is 0. The summed E-state index contributed by atoms with van der Waals surface area (Å²) in [5.41, 5.74) is 6.98. The lowest BCUT2D eigenvalue weighted by Crippen LogP contribution is -2.49. The lowest BCUT2D eigenvalue weighted by atomic mass is 9.73. The molecule has 1 aliphatic carbocycles. The normalized spacial score (nSPS) is 22.1. The van der Waals surface area contributed by atoms with Gasteiger partial charge in [-0.25, -0.2) is 4.98 Å². The first-order chi connectivity index (χ1) is 12.7. The molecule has 1 fully saturated rings. The third kappa shape index (κ3) is 2.36. The molecule has 0 bridgehead atoms. The first-order valence-electron chi connectivity index (χ1n) is 9.55. The Hall–Kier alpha value is -2.62. The van der Waals surface area contributed by atoms with Crippen LogP contribution in [0.15, 0.2) is 42.7 Å². The zero-order chi connectivity index (χ0) is 17.7. The maximum atomic E-state index is 13.3. The number of rotatable bonds is 1. The molecule has 1 N–H and O–H groups in total. The number of aryl methyl sites for hydroxylation is 1. The summed E-state index contributed by atoms with van der Waals surface area (Å²) in [6, 6.07) is 12.8. The minimum atomic E-state index is 0. The topological polar surface area (TPSA) is 49.0 Å². The van der Waals surface area contributed by atoms with Crippen LogP contribution in [0.25, 0.3) is 11.0 Å². The molecule has 1 amide bonds. The van der Waals surface area contributed by atoms with E-state index in [2.05, 4.69) is 40.0 Å². The van der Waals surface area contributed by atoms with Crippen LogP contribution in [0.5, 0.6) is 0 Å². The molecule has 26 heavy (non-hydrogen) atoms. The zero-order valence-electron chi connectivity index (χ0n) is 15.0. The average molecular weight is 347 g/mol. The standard InChI is InChI=1S/C22H23N3O.H2/c1-14-4-2-5-17-16(14)8-10-21-18(17)6-3-11-25(21)22(26)15-7-9-19-20(12-15)24-13-23-19;/h2,4-5,7,9,12-13,18,21H,3,6,8,10-11H2,1H3,(H,23,24);1H. The van der Waals surface area contributed by atoms with Crippen LogP contribution in [0.4, 0.5) is 0 Å². The highest BCUT2D eigenvalue weighted by atomic mass is 16.2. The number of carbonyl (C=O) groups is 1. The minimum Gasteiger partial charge on any atom is -0.345 e. The maximum absolute atomic E-state index is 13.3. The summed E-state index contributed by atoms with van der Waals surface area (Å²) < 4.78 is 0. The highest BCUT2D eigenvalue weighted by Gasteiger charge is 2.38. The van der Waals surface area contributed by atoms with Crippen LogP contribution in [0.3, 0.4) is 0 Å². The van der Waals surface area contributed by atoms with Crippen molar-refractivity contribution in [3.8, 4) is 0 Å². The Morgan fingerprint density at radius 1 is 1.27 bits per heavy atom. The Morgan fingerprint density at radius 3 is 3.12 bits per heavy atom. The molecule has 4 heteroatoms. The molecule has 0 radical (unpaired) electrons. The number of imidazole rings is 1. The molecule has 0 spiro atoms. The number of carbonyl (C=O) groups excluding carboxylic acids is 1. The van der Waals surface area contributed by atoms with Gasteiger partial charge in [0.15, 0.2) is 0 Å². The van der Waals surface area contributed by atoms with Crippen molar-refractivity contribution in [2.75, 3.05) is 6.54 Å². The first-order valence-corrected chi connectivity index (χ1v) is 9.55. The highest BCUT2D eigenvalue weighted by molar-refractivity contribution is 5.97. The van der Waals surface area contributed by atoms with Crippen molar-refractivity contribution in [2.45, 2.75) is 44.6 Å². The maximum Gasteiger partial charge on any atom is 0.254 e. The fourth-order valence-corrected chi connectivity index (χ4v) is 4.97. The molecule has 2 unspecified atom stereocenters. The largest absolute Gasteiger partial charge is 0.345 e. The van der Waals surface area contributed by atoms with Crippen molar-refractivity contribution < 1.29 is 6.22 Å². The SMILES string of the molecule is Cc1cccc2c1CCC1C2CCCN1C(=O)c1ccc2nc[nH]c2c1.[HH]. The van der Waals surface area contributed by atoms with Gasteiger partial charge in [-0.1, -0.05) is 18.2 Å². The van der Waals surface area contributed by atoms with Crippen molar-refractivity contribution in [1.82, 2.24) is 14.9 Å². The third-order valence-electron chi connectivity index (χ3n) is 6.24. The molecule has 2 heterocycles. The van der Waals surface area contributed by atoms with Crippen LogP contribution >= 0.6 is 0 Å². The van der Waals surface area contributed by atoms with Gasteiger partial charge < -0.3 is 9.88 Å². The van der Waals surface area contributed by atoms with Gasteiger partial charge in [0.25, 0.3) is 5.91 Å². The molecular formula is C22H25N3O. The molecule has 1 saturated heterocycles. The molecule has 4 nitrogen and oxygen atoms in total. The van der Waals surface area contributed by atoms with Crippen LogP contribution in [-0.4, -0.2) is 33.4 Å². The number of H-pyrrole nitrogens is 1. The second kappa shape index (κ2) is 5.97. The van der Waals surface area contributed by atoms with Crippen molar-refractivity contribution in [1.29, 1.82) is 0 Å². The number of fused-ring (bicyclic) bond motifs is 4. The first kappa shape index (κ1) is 15.6. The number of aromatic amines is 1. The smallest absolute Gasteiger partial charge is 0.254 e. The number of amides is 1. The van der Waals surface area contributed by atoms with E-state index >= 15 is 0 Å². The summed E-state index contributed by atoms with van der Waals surface area (Å²) >= 11 is 0. The van der Waals surface area contributed by atoms with Gasteiger partial charge in [0.2, 0.25) is 0 Å². The van der Waals surface area contributed by atoms with Gasteiger partial charge in [0.1, 0.15) is 0 Å². The van der Waals surface area contributed by atoms with E-state index in [0.717, 1.165) is 42.4 Å². The van der Waals surface area contributed by atoms with Crippen molar-refractivity contribution in [2.24, 2.45) is 0 Å². The van der Waals surface area contributed by atoms with Crippen LogP contribution < -0.4 is 0 Å². The lowest BCUT2D eigenvalue weighted by Gasteiger charge is -2.45. The summed E-state index contributed by atoms with van der Waals surface area (Å²) in [6.45, 7) is 3.08. The Morgan fingerprint density at radius 2 is 2.19 bits per heavy atom. The molecule has 2 atom stereocenters. The second-order valence-corrected chi connectivity index (χ2v) is 7.63.